The molecule has 1 amide bonds. The van der Waals surface area contributed by atoms with Crippen molar-refractivity contribution in [2.24, 2.45) is 0 Å². The molecule has 5 nitrogen and oxygen atoms in total. The van der Waals surface area contributed by atoms with Gasteiger partial charge in [0.1, 0.15) is 5.82 Å². The molecular weight excluding hydrogens is 319 g/mol. The predicted octanol–water partition coefficient (Wildman–Crippen LogP) is 3.78. The Balaban J connectivity index is 1.85. The predicted molar refractivity (Wildman–Crippen MR) is 84.1 cm³/mol. The van der Waals surface area contributed by atoms with Gasteiger partial charge in [-0.3, -0.25) is 14.9 Å². The van der Waals surface area contributed by atoms with Crippen molar-refractivity contribution in [2.45, 2.75) is 28.7 Å². The monoisotopic (exact) mass is 332 g/mol. The van der Waals surface area contributed by atoms with Crippen LogP contribution >= 0.6 is 11.8 Å². The van der Waals surface area contributed by atoms with Crippen molar-refractivity contribution in [2.75, 3.05) is 0 Å². The van der Waals surface area contributed by atoms with Crippen LogP contribution in [-0.4, -0.2) is 16.9 Å². The molecule has 0 aliphatic heterocycles. The van der Waals surface area contributed by atoms with Crippen LogP contribution in [0.3, 0.4) is 0 Å². The van der Waals surface area contributed by atoms with E-state index in [-0.39, 0.29) is 29.0 Å². The third kappa shape index (κ3) is 3.87. The summed E-state index contributed by atoms with van der Waals surface area (Å²) in [6.07, 6.45) is 1.90. The Bertz CT molecular complexity index is 760. The second-order valence-corrected chi connectivity index (χ2v) is 6.36. The number of halogens is 1. The van der Waals surface area contributed by atoms with Crippen LogP contribution in [0, 0.1) is 15.9 Å². The number of carbonyl (C=O) groups excluding carboxylic acids is 1. The summed E-state index contributed by atoms with van der Waals surface area (Å²) in [6.45, 7) is 0. The van der Waals surface area contributed by atoms with Gasteiger partial charge in [0.05, 0.1) is 9.82 Å². The average molecular weight is 332 g/mol. The standard InChI is InChI=1S/C16H13FN2O3S/c17-11-2-6-13(7-3-11)23-15-8-1-10(9-14(15)19(21)22)16(20)18-12-4-5-12/h1-3,6-9,12H,4-5H2,(H,18,20). The lowest BCUT2D eigenvalue weighted by Gasteiger charge is -2.06. The van der Waals surface area contributed by atoms with E-state index in [4.69, 9.17) is 0 Å². The Morgan fingerprint density at radius 2 is 1.91 bits per heavy atom. The van der Waals surface area contributed by atoms with E-state index in [9.17, 15) is 19.3 Å². The summed E-state index contributed by atoms with van der Waals surface area (Å²) in [4.78, 5) is 23.8. The maximum atomic E-state index is 12.9. The summed E-state index contributed by atoms with van der Waals surface area (Å²) in [5.41, 5.74) is 0.134. The second-order valence-electron chi connectivity index (χ2n) is 5.24. The lowest BCUT2D eigenvalue weighted by molar-refractivity contribution is -0.387. The van der Waals surface area contributed by atoms with Gasteiger partial charge < -0.3 is 5.32 Å². The highest BCUT2D eigenvalue weighted by atomic mass is 32.2. The highest BCUT2D eigenvalue weighted by molar-refractivity contribution is 7.99. The molecule has 7 heteroatoms. The number of benzene rings is 2. The molecule has 0 unspecified atom stereocenters. The topological polar surface area (TPSA) is 72.2 Å². The van der Waals surface area contributed by atoms with E-state index in [0.29, 0.717) is 9.79 Å². The molecule has 0 bridgehead atoms. The zero-order chi connectivity index (χ0) is 16.4. The van der Waals surface area contributed by atoms with E-state index in [2.05, 4.69) is 5.32 Å². The summed E-state index contributed by atoms with van der Waals surface area (Å²) < 4.78 is 12.9. The summed E-state index contributed by atoms with van der Waals surface area (Å²) in [6, 6.07) is 10.3. The zero-order valence-electron chi connectivity index (χ0n) is 12.0. The van der Waals surface area contributed by atoms with Crippen molar-refractivity contribution in [3.05, 3.63) is 64.0 Å². The number of hydrogen-bond acceptors (Lipinski definition) is 4. The fraction of sp³-hybridized carbons (Fsp3) is 0.188. The van der Waals surface area contributed by atoms with Crippen LogP contribution in [0.15, 0.2) is 52.3 Å². The van der Waals surface area contributed by atoms with Gasteiger partial charge >= 0.3 is 0 Å². The average Bonchev–Trinajstić information content (AvgIpc) is 3.33. The van der Waals surface area contributed by atoms with Gasteiger partial charge in [0, 0.05) is 22.6 Å². The third-order valence-electron chi connectivity index (χ3n) is 3.37. The number of hydrogen-bond donors (Lipinski definition) is 1. The van der Waals surface area contributed by atoms with Gasteiger partial charge in [0.2, 0.25) is 0 Å². The van der Waals surface area contributed by atoms with Crippen molar-refractivity contribution in [3.8, 4) is 0 Å². The number of rotatable bonds is 5. The summed E-state index contributed by atoms with van der Waals surface area (Å²) in [7, 11) is 0. The summed E-state index contributed by atoms with van der Waals surface area (Å²) >= 11 is 1.16. The van der Waals surface area contributed by atoms with Gasteiger partial charge in [-0.1, -0.05) is 11.8 Å². The Hall–Kier alpha value is -2.41. The maximum Gasteiger partial charge on any atom is 0.284 e. The smallest absolute Gasteiger partial charge is 0.284 e. The largest absolute Gasteiger partial charge is 0.349 e. The Labute approximate surface area is 136 Å². The molecule has 1 saturated carbocycles. The minimum atomic E-state index is -0.514. The molecule has 23 heavy (non-hydrogen) atoms. The first-order valence-electron chi connectivity index (χ1n) is 7.05. The Morgan fingerprint density at radius 3 is 2.52 bits per heavy atom. The van der Waals surface area contributed by atoms with Gasteiger partial charge in [-0.25, -0.2) is 4.39 Å². The number of nitrogens with zero attached hydrogens (tertiary/aromatic N) is 1. The highest BCUT2D eigenvalue weighted by Gasteiger charge is 2.25. The number of carbonyl (C=O) groups is 1. The van der Waals surface area contributed by atoms with E-state index in [1.807, 2.05) is 0 Å². The summed E-state index contributed by atoms with van der Waals surface area (Å²) in [5.74, 6) is -0.662. The van der Waals surface area contributed by atoms with Crippen molar-refractivity contribution < 1.29 is 14.1 Å². The minimum absolute atomic E-state index is 0.136. The molecule has 0 radical (unpaired) electrons. The van der Waals surface area contributed by atoms with Gasteiger partial charge in [-0.05, 0) is 49.2 Å². The van der Waals surface area contributed by atoms with Gasteiger partial charge in [0.25, 0.3) is 11.6 Å². The number of nitro benzene ring substituents is 1. The van der Waals surface area contributed by atoms with Crippen LogP contribution < -0.4 is 5.32 Å². The molecule has 0 spiro atoms. The minimum Gasteiger partial charge on any atom is -0.349 e. The molecule has 0 atom stereocenters. The zero-order valence-corrected chi connectivity index (χ0v) is 12.8. The molecule has 0 aromatic heterocycles. The van der Waals surface area contributed by atoms with E-state index < -0.39 is 4.92 Å². The first-order valence-corrected chi connectivity index (χ1v) is 7.87. The summed E-state index contributed by atoms with van der Waals surface area (Å²) in [5, 5.41) is 14.1. The fourth-order valence-electron chi connectivity index (χ4n) is 2.01. The van der Waals surface area contributed by atoms with Crippen LogP contribution in [0.4, 0.5) is 10.1 Å². The molecular formula is C16H13FN2O3S. The van der Waals surface area contributed by atoms with Crippen LogP contribution in [0.1, 0.15) is 23.2 Å². The van der Waals surface area contributed by atoms with Gasteiger partial charge in [-0.2, -0.15) is 0 Å². The molecule has 1 N–H and O–H groups in total. The van der Waals surface area contributed by atoms with Crippen LogP contribution in [0.25, 0.3) is 0 Å². The Kier molecular flexibility index (Phi) is 4.29. The number of nitrogens with one attached hydrogen (secondary N) is 1. The number of nitro groups is 1. The van der Waals surface area contributed by atoms with Crippen molar-refractivity contribution in [1.82, 2.24) is 5.32 Å². The number of amides is 1. The van der Waals surface area contributed by atoms with Gasteiger partial charge in [-0.15, -0.1) is 0 Å². The molecule has 2 aromatic rings. The third-order valence-corrected chi connectivity index (χ3v) is 4.44. The highest BCUT2D eigenvalue weighted by Crippen LogP contribution is 2.35. The van der Waals surface area contributed by atoms with Crippen molar-refractivity contribution >= 4 is 23.4 Å². The van der Waals surface area contributed by atoms with Crippen LogP contribution in [0.2, 0.25) is 0 Å². The lowest BCUT2D eigenvalue weighted by Crippen LogP contribution is -2.25. The maximum absolute atomic E-state index is 12.9. The van der Waals surface area contributed by atoms with Gasteiger partial charge in [0.15, 0.2) is 0 Å². The quantitative estimate of drug-likeness (QED) is 0.668. The van der Waals surface area contributed by atoms with E-state index >= 15 is 0 Å². The molecule has 3 rings (SSSR count). The second kappa shape index (κ2) is 6.37. The molecule has 0 heterocycles. The molecule has 1 fully saturated rings. The lowest BCUT2D eigenvalue weighted by atomic mass is 10.2. The molecule has 1 aliphatic carbocycles. The van der Waals surface area contributed by atoms with E-state index in [1.165, 1.54) is 18.2 Å². The normalized spacial score (nSPS) is 13.6. The first kappa shape index (κ1) is 15.5. The van der Waals surface area contributed by atoms with Crippen molar-refractivity contribution in [1.29, 1.82) is 0 Å². The van der Waals surface area contributed by atoms with E-state index in [0.717, 1.165) is 24.6 Å². The molecule has 1 aliphatic rings. The van der Waals surface area contributed by atoms with Crippen LogP contribution in [0.5, 0.6) is 0 Å². The first-order chi connectivity index (χ1) is 11.0. The molecule has 2 aromatic carbocycles. The molecule has 0 saturated heterocycles. The fourth-order valence-corrected chi connectivity index (χ4v) is 2.91. The molecule has 118 valence electrons. The van der Waals surface area contributed by atoms with Crippen molar-refractivity contribution in [3.63, 3.8) is 0 Å². The van der Waals surface area contributed by atoms with Crippen LogP contribution in [-0.2, 0) is 0 Å². The SMILES string of the molecule is O=C(NC1CC1)c1ccc(Sc2ccc(F)cc2)c([N+](=O)[O-])c1. The van der Waals surface area contributed by atoms with E-state index in [1.54, 1.807) is 24.3 Å². The Morgan fingerprint density at radius 1 is 1.22 bits per heavy atom.